The van der Waals surface area contributed by atoms with E-state index in [9.17, 15) is 37.6 Å². The number of aromatic amines is 1. The van der Waals surface area contributed by atoms with Gasteiger partial charge in [-0.05, 0) is 24.1 Å². The molecule has 4 aromatic rings. The summed E-state index contributed by atoms with van der Waals surface area (Å²) < 4.78 is 58.4. The van der Waals surface area contributed by atoms with Crippen LogP contribution in [0.25, 0.3) is 22.6 Å². The molecule has 37 heavy (non-hydrogen) atoms. The molecule has 0 bridgehead atoms. The highest BCUT2D eigenvalue weighted by Crippen LogP contribution is 2.43. The number of alkyl halides is 3. The van der Waals surface area contributed by atoms with Gasteiger partial charge in [-0.1, -0.05) is 25.5 Å². The summed E-state index contributed by atoms with van der Waals surface area (Å²) in [6.45, 7) is 1.71. The van der Waals surface area contributed by atoms with Gasteiger partial charge in [-0.25, -0.2) is 14.5 Å². The number of aromatic nitrogens is 6. The Morgan fingerprint density at radius 2 is 2.05 bits per heavy atom. The van der Waals surface area contributed by atoms with Gasteiger partial charge in [0.2, 0.25) is 5.82 Å². The zero-order valence-electron chi connectivity index (χ0n) is 19.0. The molecule has 0 saturated heterocycles. The molecule has 1 atom stereocenters. The molecule has 0 aliphatic rings. The molecule has 0 fully saturated rings. The highest BCUT2D eigenvalue weighted by Gasteiger charge is 2.31. The standard InChI is InChI=1S/C21H19F3N7O5P/c1-2-4-16(36-37(33,34)35)31-18(29-17-19(31)27-15(8-25)28-20(17)32)13-9-26-30(11-13)10-12-5-3-6-14(7-12)21(22,23)24/h3,5-7,9,11,16H,2,4,10H2,1H3,(H,27,28,32)(H2,33,34,35). The van der Waals surface area contributed by atoms with Crippen LogP contribution in [0.15, 0.2) is 41.5 Å². The Hall–Kier alpha value is -3.83. The van der Waals surface area contributed by atoms with Crippen LogP contribution in [0.5, 0.6) is 0 Å². The monoisotopic (exact) mass is 537 g/mol. The minimum atomic E-state index is -5.01. The van der Waals surface area contributed by atoms with Gasteiger partial charge < -0.3 is 9.79 Å². The van der Waals surface area contributed by atoms with Gasteiger partial charge in [-0.15, -0.1) is 0 Å². The molecule has 0 radical (unpaired) electrons. The van der Waals surface area contributed by atoms with Crippen molar-refractivity contribution in [3.05, 3.63) is 64.0 Å². The third-order valence-corrected chi connectivity index (χ3v) is 5.75. The molecule has 3 N–H and O–H groups in total. The van der Waals surface area contributed by atoms with Crippen molar-refractivity contribution in [2.24, 2.45) is 0 Å². The summed E-state index contributed by atoms with van der Waals surface area (Å²) in [7, 11) is -5.01. The first-order chi connectivity index (χ1) is 17.4. The molecular weight excluding hydrogens is 518 g/mol. The second-order valence-electron chi connectivity index (χ2n) is 7.97. The molecule has 0 aliphatic heterocycles. The summed E-state index contributed by atoms with van der Waals surface area (Å²) in [5.74, 6) is -0.345. The number of H-pyrrole nitrogens is 1. The summed E-state index contributed by atoms with van der Waals surface area (Å²) >= 11 is 0. The molecule has 0 spiro atoms. The third kappa shape index (κ3) is 5.78. The number of nitriles is 1. The minimum absolute atomic E-state index is 0.00489. The number of imidazole rings is 1. The van der Waals surface area contributed by atoms with Gasteiger partial charge in [0.25, 0.3) is 5.56 Å². The lowest BCUT2D eigenvalue weighted by atomic mass is 10.1. The number of benzene rings is 1. The molecule has 194 valence electrons. The van der Waals surface area contributed by atoms with E-state index in [1.807, 2.05) is 0 Å². The van der Waals surface area contributed by atoms with E-state index in [1.54, 1.807) is 13.0 Å². The maximum absolute atomic E-state index is 13.1. The van der Waals surface area contributed by atoms with E-state index in [-0.39, 0.29) is 41.3 Å². The SMILES string of the molecule is CCCC(OP(=O)(O)O)n1c(-c2cnn(Cc3cccc(C(F)(F)F)c3)c2)nc2c(=O)[nH]c(C#N)nc21. The van der Waals surface area contributed by atoms with Gasteiger partial charge in [0.15, 0.2) is 11.2 Å². The molecule has 3 aromatic heterocycles. The molecular formula is C21H19F3N7O5P. The van der Waals surface area contributed by atoms with Crippen LogP contribution in [0.3, 0.4) is 0 Å². The van der Waals surface area contributed by atoms with Crippen LogP contribution in [0.1, 0.15) is 42.9 Å². The van der Waals surface area contributed by atoms with Crippen LogP contribution in [0.2, 0.25) is 0 Å². The van der Waals surface area contributed by atoms with Crippen molar-refractivity contribution in [3.63, 3.8) is 0 Å². The van der Waals surface area contributed by atoms with E-state index in [0.29, 0.717) is 12.0 Å². The van der Waals surface area contributed by atoms with Crippen molar-refractivity contribution >= 4 is 19.0 Å². The molecule has 12 nitrogen and oxygen atoms in total. The topological polar surface area (TPSA) is 172 Å². The Labute approximate surface area is 206 Å². The first-order valence-corrected chi connectivity index (χ1v) is 12.3. The molecule has 1 unspecified atom stereocenters. The van der Waals surface area contributed by atoms with Gasteiger partial charge in [0, 0.05) is 6.20 Å². The lowest BCUT2D eigenvalue weighted by molar-refractivity contribution is -0.137. The average Bonchev–Trinajstić information content (AvgIpc) is 3.42. The zero-order valence-corrected chi connectivity index (χ0v) is 19.9. The third-order valence-electron chi connectivity index (χ3n) is 5.23. The van der Waals surface area contributed by atoms with Gasteiger partial charge in [-0.2, -0.15) is 23.5 Å². The average molecular weight is 537 g/mol. The molecule has 0 amide bonds. The van der Waals surface area contributed by atoms with Gasteiger partial charge in [-0.3, -0.25) is 23.6 Å². The fourth-order valence-corrected chi connectivity index (χ4v) is 4.26. The van der Waals surface area contributed by atoms with E-state index < -0.39 is 31.3 Å². The molecule has 0 saturated carbocycles. The molecule has 16 heteroatoms. The van der Waals surface area contributed by atoms with Crippen LogP contribution in [0, 0.1) is 11.3 Å². The zero-order chi connectivity index (χ0) is 27.0. The Morgan fingerprint density at radius 1 is 1.30 bits per heavy atom. The van der Waals surface area contributed by atoms with Crippen LogP contribution < -0.4 is 5.56 Å². The van der Waals surface area contributed by atoms with Gasteiger partial charge in [0.05, 0.1) is 23.9 Å². The number of fused-ring (bicyclic) bond motifs is 1. The van der Waals surface area contributed by atoms with E-state index in [0.717, 1.165) is 12.1 Å². The van der Waals surface area contributed by atoms with Crippen molar-refractivity contribution in [3.8, 4) is 17.5 Å². The number of hydrogen-bond acceptors (Lipinski definition) is 7. The lowest BCUT2D eigenvalue weighted by Crippen LogP contribution is -2.16. The number of phosphoric acid groups is 1. The van der Waals surface area contributed by atoms with Gasteiger partial charge >= 0.3 is 14.0 Å². The summed E-state index contributed by atoms with van der Waals surface area (Å²) in [4.78, 5) is 42.1. The lowest BCUT2D eigenvalue weighted by Gasteiger charge is -2.21. The quantitative estimate of drug-likeness (QED) is 0.285. The van der Waals surface area contributed by atoms with Crippen LogP contribution in [0.4, 0.5) is 13.2 Å². The van der Waals surface area contributed by atoms with Crippen LogP contribution >= 0.6 is 7.82 Å². The van der Waals surface area contributed by atoms with Crippen molar-refractivity contribution in [2.45, 2.75) is 38.7 Å². The summed E-state index contributed by atoms with van der Waals surface area (Å²) in [5, 5.41) is 13.4. The number of nitrogens with zero attached hydrogens (tertiary/aromatic N) is 6. The van der Waals surface area contributed by atoms with E-state index in [4.69, 9.17) is 4.52 Å². The number of phosphoric ester groups is 1. The van der Waals surface area contributed by atoms with Gasteiger partial charge in [0.1, 0.15) is 18.1 Å². The first kappa shape index (κ1) is 26.2. The molecule has 3 heterocycles. The van der Waals surface area contributed by atoms with E-state index >= 15 is 0 Å². The van der Waals surface area contributed by atoms with Crippen molar-refractivity contribution in [1.82, 2.24) is 29.3 Å². The molecule has 1 aromatic carbocycles. The second-order valence-corrected chi connectivity index (χ2v) is 9.16. The van der Waals surface area contributed by atoms with E-state index in [1.165, 1.54) is 33.8 Å². The smallest absolute Gasteiger partial charge is 0.303 e. The minimum Gasteiger partial charge on any atom is -0.303 e. The Morgan fingerprint density at radius 3 is 2.70 bits per heavy atom. The predicted octanol–water partition coefficient (Wildman–Crippen LogP) is 3.33. The number of halogens is 3. The van der Waals surface area contributed by atoms with E-state index in [2.05, 4.69) is 20.1 Å². The number of hydrogen-bond donors (Lipinski definition) is 3. The fraction of sp³-hybridized carbons (Fsp3) is 0.286. The largest absolute Gasteiger partial charge is 0.471 e. The van der Waals surface area contributed by atoms with Crippen molar-refractivity contribution < 1.29 is 32.0 Å². The highest BCUT2D eigenvalue weighted by molar-refractivity contribution is 7.46. The Kier molecular flexibility index (Phi) is 7.03. The maximum atomic E-state index is 13.1. The number of rotatable bonds is 8. The fourth-order valence-electron chi connectivity index (χ4n) is 3.75. The Bertz CT molecular complexity index is 1600. The first-order valence-electron chi connectivity index (χ1n) is 10.7. The second kappa shape index (κ2) is 9.91. The molecule has 4 rings (SSSR count). The van der Waals surface area contributed by atoms with Crippen LogP contribution in [-0.2, 0) is 21.8 Å². The summed E-state index contributed by atoms with van der Waals surface area (Å²) in [6, 6.07) is 6.43. The summed E-state index contributed by atoms with van der Waals surface area (Å²) in [5.41, 5.74) is -1.34. The Balaban J connectivity index is 1.82. The normalized spacial score (nSPS) is 13.1. The maximum Gasteiger partial charge on any atom is 0.471 e. The summed E-state index contributed by atoms with van der Waals surface area (Å²) in [6.07, 6.45) is -2.57. The van der Waals surface area contributed by atoms with Crippen molar-refractivity contribution in [1.29, 1.82) is 5.26 Å². The van der Waals surface area contributed by atoms with Crippen molar-refractivity contribution in [2.75, 3.05) is 0 Å². The predicted molar refractivity (Wildman–Crippen MR) is 122 cm³/mol. The highest BCUT2D eigenvalue weighted by atomic mass is 31.2. The van der Waals surface area contributed by atoms with Crippen LogP contribution in [-0.4, -0.2) is 39.1 Å². The molecule has 0 aliphatic carbocycles. The number of nitrogens with one attached hydrogen (secondary N) is 1.